The number of thioether (sulfide) groups is 1. The monoisotopic (exact) mass is 426 g/mol. The molecule has 0 spiro atoms. The van der Waals surface area contributed by atoms with Crippen LogP contribution in [0.1, 0.15) is 44.0 Å². The molecular weight excluding hydrogens is 407 g/mol. The smallest absolute Gasteiger partial charge is 0.234 e. The molecule has 1 aromatic carbocycles. The predicted octanol–water partition coefficient (Wildman–Crippen LogP) is 4.72. The second-order valence-electron chi connectivity index (χ2n) is 6.15. The van der Waals surface area contributed by atoms with E-state index in [2.05, 4.69) is 36.0 Å². The Morgan fingerprint density at radius 2 is 2.12 bits per heavy atom. The molecule has 1 aliphatic rings. The fourth-order valence-corrected chi connectivity index (χ4v) is 4.30. The van der Waals surface area contributed by atoms with E-state index in [1.807, 2.05) is 6.92 Å². The molecule has 0 atom stereocenters. The van der Waals surface area contributed by atoms with Crippen molar-refractivity contribution in [2.24, 2.45) is 0 Å². The molecule has 1 N–H and O–H groups in total. The van der Waals surface area contributed by atoms with Gasteiger partial charge in [0.2, 0.25) is 5.91 Å². The molecule has 134 valence electrons. The van der Waals surface area contributed by atoms with Crippen LogP contribution in [0.15, 0.2) is 27.8 Å². The Morgan fingerprint density at radius 3 is 2.84 bits per heavy atom. The van der Waals surface area contributed by atoms with Crippen molar-refractivity contribution in [2.75, 3.05) is 11.1 Å². The lowest BCUT2D eigenvalue weighted by Crippen LogP contribution is -2.18. The van der Waals surface area contributed by atoms with E-state index >= 15 is 0 Å². The SMILES string of the molecule is Cc1nnc(SCC(=O)Nc2ccc(Br)cc2F)n1C1CCCCC1. The third kappa shape index (κ3) is 4.61. The van der Waals surface area contributed by atoms with Crippen LogP contribution >= 0.6 is 27.7 Å². The van der Waals surface area contributed by atoms with Crippen molar-refractivity contribution in [1.29, 1.82) is 0 Å². The van der Waals surface area contributed by atoms with Gasteiger partial charge in [-0.2, -0.15) is 0 Å². The number of anilines is 1. The third-order valence-electron chi connectivity index (χ3n) is 4.31. The van der Waals surface area contributed by atoms with Gasteiger partial charge >= 0.3 is 0 Å². The van der Waals surface area contributed by atoms with Gasteiger partial charge in [0.25, 0.3) is 0 Å². The second kappa shape index (κ2) is 8.31. The molecule has 2 aromatic rings. The second-order valence-corrected chi connectivity index (χ2v) is 8.01. The molecule has 0 unspecified atom stereocenters. The van der Waals surface area contributed by atoms with Gasteiger partial charge in [0.15, 0.2) is 5.16 Å². The van der Waals surface area contributed by atoms with Crippen LogP contribution in [0.4, 0.5) is 10.1 Å². The van der Waals surface area contributed by atoms with Crippen LogP contribution < -0.4 is 5.32 Å². The Morgan fingerprint density at radius 1 is 1.36 bits per heavy atom. The fraction of sp³-hybridized carbons (Fsp3) is 0.471. The lowest BCUT2D eigenvalue weighted by Gasteiger charge is -2.24. The first-order valence-electron chi connectivity index (χ1n) is 8.34. The molecule has 8 heteroatoms. The van der Waals surface area contributed by atoms with E-state index in [1.54, 1.807) is 6.07 Å². The number of nitrogens with one attached hydrogen (secondary N) is 1. The number of rotatable bonds is 5. The van der Waals surface area contributed by atoms with Crippen molar-refractivity contribution in [3.8, 4) is 0 Å². The molecule has 5 nitrogen and oxygen atoms in total. The first kappa shape index (κ1) is 18.4. The van der Waals surface area contributed by atoms with Crippen LogP contribution in [0.5, 0.6) is 0 Å². The minimum Gasteiger partial charge on any atom is -0.323 e. The van der Waals surface area contributed by atoms with E-state index in [0.29, 0.717) is 10.5 Å². The zero-order chi connectivity index (χ0) is 17.8. The van der Waals surface area contributed by atoms with E-state index in [-0.39, 0.29) is 17.3 Å². The average molecular weight is 427 g/mol. The van der Waals surface area contributed by atoms with Crippen LogP contribution in [0.3, 0.4) is 0 Å². The van der Waals surface area contributed by atoms with Crippen molar-refractivity contribution in [3.05, 3.63) is 34.3 Å². The zero-order valence-corrected chi connectivity index (χ0v) is 16.4. The van der Waals surface area contributed by atoms with Gasteiger partial charge in [-0.1, -0.05) is 47.0 Å². The summed E-state index contributed by atoms with van der Waals surface area (Å²) in [7, 11) is 0. The molecule has 1 amide bonds. The number of carbonyl (C=O) groups is 1. The van der Waals surface area contributed by atoms with Gasteiger partial charge in [-0.05, 0) is 38.0 Å². The maximum absolute atomic E-state index is 13.8. The van der Waals surface area contributed by atoms with Gasteiger partial charge in [0.05, 0.1) is 11.4 Å². The van der Waals surface area contributed by atoms with Gasteiger partial charge in [-0.3, -0.25) is 4.79 Å². The average Bonchev–Trinajstić information content (AvgIpc) is 2.97. The lowest BCUT2D eigenvalue weighted by molar-refractivity contribution is -0.113. The highest BCUT2D eigenvalue weighted by atomic mass is 79.9. The molecule has 0 saturated heterocycles. The number of benzene rings is 1. The Hall–Kier alpha value is -1.41. The highest BCUT2D eigenvalue weighted by molar-refractivity contribution is 9.10. The largest absolute Gasteiger partial charge is 0.323 e. The van der Waals surface area contributed by atoms with E-state index in [4.69, 9.17) is 0 Å². The Balaban J connectivity index is 1.62. The quantitative estimate of drug-likeness (QED) is 0.702. The minimum atomic E-state index is -0.464. The van der Waals surface area contributed by atoms with Crippen LogP contribution in [0.25, 0.3) is 0 Å². The standard InChI is InChI=1S/C17H20BrFN4OS/c1-11-21-22-17(23(11)13-5-3-2-4-6-13)25-10-16(24)20-15-8-7-12(18)9-14(15)19/h7-9,13H,2-6,10H2,1H3,(H,20,24). The molecule has 25 heavy (non-hydrogen) atoms. The minimum absolute atomic E-state index is 0.167. The number of aromatic nitrogens is 3. The van der Waals surface area contributed by atoms with E-state index < -0.39 is 5.82 Å². The fourth-order valence-electron chi connectivity index (χ4n) is 3.12. The van der Waals surface area contributed by atoms with Crippen LogP contribution in [0.2, 0.25) is 0 Å². The maximum Gasteiger partial charge on any atom is 0.234 e. The van der Waals surface area contributed by atoms with E-state index in [9.17, 15) is 9.18 Å². The van der Waals surface area contributed by atoms with Gasteiger partial charge < -0.3 is 9.88 Å². The summed E-state index contributed by atoms with van der Waals surface area (Å²) in [4.78, 5) is 12.1. The van der Waals surface area contributed by atoms with Crippen LogP contribution in [-0.2, 0) is 4.79 Å². The van der Waals surface area contributed by atoms with Crippen molar-refractivity contribution in [3.63, 3.8) is 0 Å². The summed E-state index contributed by atoms with van der Waals surface area (Å²) in [6.45, 7) is 1.95. The Kier molecular flexibility index (Phi) is 6.11. The summed E-state index contributed by atoms with van der Waals surface area (Å²) in [5, 5.41) is 11.7. The molecule has 1 fully saturated rings. The normalized spacial score (nSPS) is 15.3. The van der Waals surface area contributed by atoms with Crippen molar-refractivity contribution in [1.82, 2.24) is 14.8 Å². The summed E-state index contributed by atoms with van der Waals surface area (Å²) < 4.78 is 16.6. The van der Waals surface area contributed by atoms with Gasteiger partial charge in [0.1, 0.15) is 11.6 Å². The number of hydrogen-bond acceptors (Lipinski definition) is 4. The van der Waals surface area contributed by atoms with Crippen molar-refractivity contribution >= 4 is 39.3 Å². The van der Waals surface area contributed by atoms with Crippen LogP contribution in [0, 0.1) is 12.7 Å². The topological polar surface area (TPSA) is 59.8 Å². The molecule has 1 saturated carbocycles. The molecule has 0 radical (unpaired) electrons. The summed E-state index contributed by atoms with van der Waals surface area (Å²) >= 11 is 4.54. The van der Waals surface area contributed by atoms with Gasteiger partial charge in [-0.25, -0.2) is 4.39 Å². The summed E-state index contributed by atoms with van der Waals surface area (Å²) in [6.07, 6.45) is 5.97. The molecule has 1 aliphatic carbocycles. The van der Waals surface area contributed by atoms with Crippen LogP contribution in [-0.4, -0.2) is 26.4 Å². The van der Waals surface area contributed by atoms with Crippen molar-refractivity contribution in [2.45, 2.75) is 50.2 Å². The van der Waals surface area contributed by atoms with E-state index in [1.165, 1.54) is 43.2 Å². The zero-order valence-electron chi connectivity index (χ0n) is 14.0. The molecule has 3 rings (SSSR count). The molecular formula is C17H20BrFN4OS. The number of hydrogen-bond donors (Lipinski definition) is 1. The number of aryl methyl sites for hydroxylation is 1. The number of carbonyl (C=O) groups excluding carboxylic acids is 1. The number of nitrogens with zero attached hydrogens (tertiary/aromatic N) is 3. The summed E-state index contributed by atoms with van der Waals surface area (Å²) in [5.41, 5.74) is 0.179. The van der Waals surface area contributed by atoms with Gasteiger partial charge in [-0.15, -0.1) is 10.2 Å². The molecule has 0 aliphatic heterocycles. The predicted molar refractivity (Wildman–Crippen MR) is 100 cm³/mol. The first-order valence-corrected chi connectivity index (χ1v) is 10.1. The molecule has 0 bridgehead atoms. The Labute approximate surface area is 158 Å². The third-order valence-corrected chi connectivity index (χ3v) is 5.75. The van der Waals surface area contributed by atoms with Crippen molar-refractivity contribution < 1.29 is 9.18 Å². The number of halogens is 2. The molecule has 1 heterocycles. The maximum atomic E-state index is 13.8. The Bertz CT molecular complexity index is 761. The van der Waals surface area contributed by atoms with Gasteiger partial charge in [0, 0.05) is 10.5 Å². The highest BCUT2D eigenvalue weighted by Gasteiger charge is 2.21. The number of amides is 1. The summed E-state index contributed by atoms with van der Waals surface area (Å²) in [5.74, 6) is 0.324. The molecule has 1 aromatic heterocycles. The first-order chi connectivity index (χ1) is 12.0. The highest BCUT2D eigenvalue weighted by Crippen LogP contribution is 2.32. The summed E-state index contributed by atoms with van der Waals surface area (Å²) in [6, 6.07) is 4.97. The van der Waals surface area contributed by atoms with E-state index in [0.717, 1.165) is 23.8 Å². The lowest BCUT2D eigenvalue weighted by atomic mass is 9.95.